The van der Waals surface area contributed by atoms with Crippen molar-refractivity contribution in [2.75, 3.05) is 0 Å². The van der Waals surface area contributed by atoms with Crippen LogP contribution in [-0.4, -0.2) is 10.8 Å². The molecule has 1 heterocycles. The summed E-state index contributed by atoms with van der Waals surface area (Å²) in [5.41, 5.74) is 1.76. The first-order valence-electron chi connectivity index (χ1n) is 6.79. The van der Waals surface area contributed by atoms with Gasteiger partial charge in [0.15, 0.2) is 5.78 Å². The highest BCUT2D eigenvalue weighted by molar-refractivity contribution is 6.07. The number of nitrogens with zero attached hydrogens (tertiary/aromatic N) is 1. The predicted octanol–water partition coefficient (Wildman–Crippen LogP) is 4.46. The normalized spacial score (nSPS) is 9.53. The van der Waals surface area contributed by atoms with Gasteiger partial charge in [-0.05, 0) is 18.9 Å². The van der Waals surface area contributed by atoms with Gasteiger partial charge in [0.05, 0.1) is 6.07 Å². The Morgan fingerprint density at radius 1 is 1.26 bits per heavy atom. The number of fused-ring (bicyclic) bond motifs is 1. The first-order valence-corrected chi connectivity index (χ1v) is 6.79. The molecule has 0 bridgehead atoms. The molecule has 1 aromatic heterocycles. The van der Waals surface area contributed by atoms with Gasteiger partial charge in [-0.1, -0.05) is 32.0 Å². The third-order valence-corrected chi connectivity index (χ3v) is 2.83. The van der Waals surface area contributed by atoms with Gasteiger partial charge in [-0.3, -0.25) is 4.79 Å². The van der Waals surface area contributed by atoms with Crippen LogP contribution in [0.15, 0.2) is 30.5 Å². The zero-order chi connectivity index (χ0) is 14.1. The maximum absolute atomic E-state index is 12.0. The summed E-state index contributed by atoms with van der Waals surface area (Å²) in [6, 6.07) is 9.88. The van der Waals surface area contributed by atoms with Crippen molar-refractivity contribution in [1.82, 2.24) is 4.98 Å². The van der Waals surface area contributed by atoms with E-state index in [1.165, 1.54) is 0 Å². The minimum Gasteiger partial charge on any atom is -0.360 e. The number of ketones is 1. The van der Waals surface area contributed by atoms with E-state index < -0.39 is 0 Å². The van der Waals surface area contributed by atoms with Crippen molar-refractivity contribution in [2.45, 2.75) is 39.5 Å². The van der Waals surface area contributed by atoms with E-state index >= 15 is 0 Å². The molecule has 0 saturated carbocycles. The number of Topliss-reactive ketones (excluding diaryl/α,β-unsaturated/α-hetero) is 1. The van der Waals surface area contributed by atoms with Gasteiger partial charge in [-0.15, -0.1) is 0 Å². The molecule has 3 heteroatoms. The maximum Gasteiger partial charge on any atom is 0.165 e. The second kappa shape index (κ2) is 8.10. The SMILES string of the molecule is CC.N#CCCCCC(=O)c1c[nH]c2ccccc12. The van der Waals surface area contributed by atoms with E-state index in [4.69, 9.17) is 5.26 Å². The molecule has 1 aromatic carbocycles. The molecule has 2 aromatic rings. The van der Waals surface area contributed by atoms with Crippen molar-refractivity contribution in [3.63, 3.8) is 0 Å². The van der Waals surface area contributed by atoms with Crippen molar-refractivity contribution in [3.05, 3.63) is 36.0 Å². The molecule has 0 aliphatic carbocycles. The lowest BCUT2D eigenvalue weighted by atomic mass is 10.0. The van der Waals surface area contributed by atoms with Gasteiger partial charge in [-0.2, -0.15) is 5.26 Å². The monoisotopic (exact) mass is 256 g/mol. The fourth-order valence-corrected chi connectivity index (χ4v) is 1.93. The van der Waals surface area contributed by atoms with Crippen LogP contribution in [0.4, 0.5) is 0 Å². The zero-order valence-electron chi connectivity index (χ0n) is 11.6. The number of unbranched alkanes of at least 4 members (excludes halogenated alkanes) is 2. The lowest BCUT2D eigenvalue weighted by Gasteiger charge is -1.98. The average molecular weight is 256 g/mol. The average Bonchev–Trinajstić information content (AvgIpc) is 2.89. The van der Waals surface area contributed by atoms with Gasteiger partial charge in [0.25, 0.3) is 0 Å². The van der Waals surface area contributed by atoms with Crippen molar-refractivity contribution >= 4 is 16.7 Å². The number of aromatic amines is 1. The lowest BCUT2D eigenvalue weighted by molar-refractivity contribution is 0.0981. The van der Waals surface area contributed by atoms with E-state index in [1.54, 1.807) is 6.20 Å². The fourth-order valence-electron chi connectivity index (χ4n) is 1.93. The first-order chi connectivity index (χ1) is 9.33. The Labute approximate surface area is 114 Å². The third kappa shape index (κ3) is 3.96. The van der Waals surface area contributed by atoms with E-state index in [0.717, 1.165) is 29.3 Å². The van der Waals surface area contributed by atoms with Crippen LogP contribution in [0.2, 0.25) is 0 Å². The standard InChI is InChI=1S/C14H14N2O.C2H6/c15-9-5-1-2-8-14(17)12-10-16-13-7-4-3-6-11(12)13;1-2/h3-4,6-7,10,16H,1-2,5,8H2;1-2H3. The Hall–Kier alpha value is -2.08. The van der Waals surface area contributed by atoms with Crippen LogP contribution in [-0.2, 0) is 0 Å². The van der Waals surface area contributed by atoms with Crippen molar-refractivity contribution < 1.29 is 4.79 Å². The predicted molar refractivity (Wildman–Crippen MR) is 78.1 cm³/mol. The van der Waals surface area contributed by atoms with Crippen LogP contribution in [0, 0.1) is 11.3 Å². The van der Waals surface area contributed by atoms with E-state index in [1.807, 2.05) is 38.1 Å². The second-order valence-corrected chi connectivity index (χ2v) is 4.04. The first kappa shape index (κ1) is 15.0. The largest absolute Gasteiger partial charge is 0.360 e. The van der Waals surface area contributed by atoms with E-state index in [2.05, 4.69) is 11.1 Å². The van der Waals surface area contributed by atoms with Crippen LogP contribution in [0.5, 0.6) is 0 Å². The van der Waals surface area contributed by atoms with Gasteiger partial charge >= 0.3 is 0 Å². The number of rotatable bonds is 5. The molecule has 0 amide bonds. The number of benzene rings is 1. The molecular weight excluding hydrogens is 236 g/mol. The minimum atomic E-state index is 0.153. The zero-order valence-corrected chi connectivity index (χ0v) is 11.6. The second-order valence-electron chi connectivity index (χ2n) is 4.04. The van der Waals surface area contributed by atoms with Gasteiger partial charge < -0.3 is 4.98 Å². The molecule has 0 fully saturated rings. The Morgan fingerprint density at radius 2 is 2.00 bits per heavy atom. The van der Waals surface area contributed by atoms with Gasteiger partial charge in [0, 0.05) is 35.5 Å². The summed E-state index contributed by atoms with van der Waals surface area (Å²) < 4.78 is 0. The van der Waals surface area contributed by atoms with Gasteiger partial charge in [0.2, 0.25) is 0 Å². The molecule has 0 radical (unpaired) electrons. The molecule has 3 nitrogen and oxygen atoms in total. The van der Waals surface area contributed by atoms with E-state index in [-0.39, 0.29) is 5.78 Å². The van der Waals surface area contributed by atoms with Gasteiger partial charge in [-0.25, -0.2) is 0 Å². The summed E-state index contributed by atoms with van der Waals surface area (Å²) in [7, 11) is 0. The summed E-state index contributed by atoms with van der Waals surface area (Å²) in [6.07, 6.45) is 4.40. The lowest BCUT2D eigenvalue weighted by Crippen LogP contribution is -1.97. The molecule has 0 unspecified atom stereocenters. The number of hydrogen-bond acceptors (Lipinski definition) is 2. The quantitative estimate of drug-likeness (QED) is 0.634. The van der Waals surface area contributed by atoms with Crippen LogP contribution >= 0.6 is 0 Å². The Morgan fingerprint density at radius 3 is 2.74 bits per heavy atom. The molecule has 0 spiro atoms. The Bertz CT molecular complexity index is 563. The maximum atomic E-state index is 12.0. The molecule has 19 heavy (non-hydrogen) atoms. The van der Waals surface area contributed by atoms with Crippen molar-refractivity contribution in [3.8, 4) is 6.07 Å². The van der Waals surface area contributed by atoms with Gasteiger partial charge in [0.1, 0.15) is 0 Å². The number of nitrogens with one attached hydrogen (secondary N) is 1. The summed E-state index contributed by atoms with van der Waals surface area (Å²) in [5, 5.41) is 9.40. The molecule has 0 saturated heterocycles. The van der Waals surface area contributed by atoms with Crippen LogP contribution in [0.1, 0.15) is 49.9 Å². The van der Waals surface area contributed by atoms with Crippen LogP contribution in [0.3, 0.4) is 0 Å². The summed E-state index contributed by atoms with van der Waals surface area (Å²) >= 11 is 0. The molecular formula is C16H20N2O. The molecule has 100 valence electrons. The summed E-state index contributed by atoms with van der Waals surface area (Å²) in [6.45, 7) is 4.00. The highest BCUT2D eigenvalue weighted by Gasteiger charge is 2.10. The fraction of sp³-hybridized carbons (Fsp3) is 0.375. The molecule has 0 aliphatic heterocycles. The van der Waals surface area contributed by atoms with E-state index in [0.29, 0.717) is 12.8 Å². The summed E-state index contributed by atoms with van der Waals surface area (Å²) in [4.78, 5) is 15.1. The van der Waals surface area contributed by atoms with Crippen LogP contribution in [0.25, 0.3) is 10.9 Å². The molecule has 0 atom stereocenters. The molecule has 2 rings (SSSR count). The minimum absolute atomic E-state index is 0.153. The highest BCUT2D eigenvalue weighted by atomic mass is 16.1. The molecule has 0 aliphatic rings. The number of H-pyrrole nitrogens is 1. The smallest absolute Gasteiger partial charge is 0.165 e. The Kier molecular flexibility index (Phi) is 6.38. The molecule has 1 N–H and O–H groups in total. The number of hydrogen-bond donors (Lipinski definition) is 1. The number of aromatic nitrogens is 1. The number of carbonyl (C=O) groups is 1. The van der Waals surface area contributed by atoms with Crippen LogP contribution < -0.4 is 0 Å². The number of carbonyl (C=O) groups excluding carboxylic acids is 1. The highest BCUT2D eigenvalue weighted by Crippen LogP contribution is 2.19. The van der Waals surface area contributed by atoms with E-state index in [9.17, 15) is 4.79 Å². The Balaban J connectivity index is 0.000000861. The number of nitriles is 1. The van der Waals surface area contributed by atoms with Crippen molar-refractivity contribution in [2.24, 2.45) is 0 Å². The number of para-hydroxylation sites is 1. The summed E-state index contributed by atoms with van der Waals surface area (Å²) in [5.74, 6) is 0.153. The third-order valence-electron chi connectivity index (χ3n) is 2.83. The topological polar surface area (TPSA) is 56.6 Å². The van der Waals surface area contributed by atoms with Crippen molar-refractivity contribution in [1.29, 1.82) is 5.26 Å².